The molecule has 0 N–H and O–H groups in total. The Balaban J connectivity index is 0.000000242. The van der Waals surface area contributed by atoms with Gasteiger partial charge in [-0.05, 0) is 53.1 Å². The molecule has 1 unspecified atom stereocenters. The first-order valence-corrected chi connectivity index (χ1v) is 17.6. The van der Waals surface area contributed by atoms with Crippen LogP contribution in [-0.4, -0.2) is 36.9 Å². The molecule has 0 bridgehead atoms. The van der Waals surface area contributed by atoms with E-state index in [1.807, 2.05) is 0 Å². The summed E-state index contributed by atoms with van der Waals surface area (Å²) < 4.78 is 197. The number of phosphoric acid groups is 1. The molecule has 54 heavy (non-hydrogen) atoms. The van der Waals surface area contributed by atoms with Gasteiger partial charge in [-0.3, -0.25) is 0 Å². The average Bonchev–Trinajstić information content (AvgIpc) is 3.48. The molecule has 1 aliphatic carbocycles. The summed E-state index contributed by atoms with van der Waals surface area (Å²) in [5.74, 6) is 0.370. The highest BCUT2D eigenvalue weighted by atomic mass is 31.2. The van der Waals surface area contributed by atoms with Gasteiger partial charge in [-0.1, -0.05) is 84.9 Å². The number of hydrogen-bond donors (Lipinski definition) is 0. The quantitative estimate of drug-likeness (QED) is 0.118. The van der Waals surface area contributed by atoms with Crippen LogP contribution in [0.5, 0.6) is 0 Å². The van der Waals surface area contributed by atoms with Crippen molar-refractivity contribution in [3.8, 4) is 0 Å². The van der Waals surface area contributed by atoms with E-state index in [2.05, 4.69) is 121 Å². The van der Waals surface area contributed by atoms with E-state index in [0.717, 1.165) is 0 Å². The lowest BCUT2D eigenvalue weighted by atomic mass is 9.93. The van der Waals surface area contributed by atoms with E-state index in [1.165, 1.54) is 32.6 Å². The van der Waals surface area contributed by atoms with Gasteiger partial charge < -0.3 is 0 Å². The molecule has 1 aliphatic rings. The molecule has 4 aromatic carbocycles. The van der Waals surface area contributed by atoms with Gasteiger partial charge in [0, 0.05) is 5.92 Å². The third kappa shape index (κ3) is 10.0. The van der Waals surface area contributed by atoms with E-state index in [4.69, 9.17) is 0 Å². The molecule has 1 atom stereocenters. The Morgan fingerprint density at radius 2 is 0.815 bits per heavy atom. The van der Waals surface area contributed by atoms with Crippen LogP contribution < -0.4 is 15.9 Å². The van der Waals surface area contributed by atoms with Crippen molar-refractivity contribution in [3.63, 3.8) is 0 Å². The maximum Gasteiger partial charge on any atom is 0.489 e. The molecule has 4 aromatic rings. The topological polar surface area (TPSA) is 44.8 Å². The third-order valence-corrected chi connectivity index (χ3v) is 11.2. The van der Waals surface area contributed by atoms with Crippen LogP contribution in [0, 0.1) is 0 Å². The van der Waals surface area contributed by atoms with Crippen LogP contribution >= 0.6 is 15.7 Å². The first kappa shape index (κ1) is 42.8. The van der Waals surface area contributed by atoms with Crippen LogP contribution in [0.4, 0.5) is 65.9 Å². The van der Waals surface area contributed by atoms with Crippen molar-refractivity contribution in [1.29, 1.82) is 0 Å². The highest BCUT2D eigenvalue weighted by molar-refractivity contribution is 7.79. The molecular formula is C33H22F15O4P2+. The van der Waals surface area contributed by atoms with Gasteiger partial charge in [0.05, 0.1) is 7.92 Å². The summed E-state index contributed by atoms with van der Waals surface area (Å²) in [5.41, 5.74) is 4.12. The van der Waals surface area contributed by atoms with Crippen LogP contribution in [0.25, 0.3) is 6.08 Å². The maximum atomic E-state index is 12.4. The van der Waals surface area contributed by atoms with Gasteiger partial charge >= 0.3 is 44.7 Å². The van der Waals surface area contributed by atoms with E-state index in [1.54, 1.807) is 13.6 Å². The fourth-order valence-corrected chi connectivity index (χ4v) is 8.56. The molecule has 0 saturated heterocycles. The first-order valence-electron chi connectivity index (χ1n) is 14.7. The van der Waals surface area contributed by atoms with Gasteiger partial charge in [-0.2, -0.15) is 65.9 Å². The van der Waals surface area contributed by atoms with E-state index < -0.39 is 52.6 Å². The Labute approximate surface area is 296 Å². The monoisotopic (exact) mass is 829 g/mol. The second kappa shape index (κ2) is 15.7. The van der Waals surface area contributed by atoms with Crippen LogP contribution in [0.3, 0.4) is 0 Å². The van der Waals surface area contributed by atoms with Gasteiger partial charge in [-0.15, -0.1) is 0 Å². The van der Waals surface area contributed by atoms with Gasteiger partial charge in [-0.25, -0.2) is 18.1 Å². The van der Waals surface area contributed by atoms with Crippen molar-refractivity contribution < 1.29 is 84.0 Å². The second-order valence-corrected chi connectivity index (χ2v) is 14.9. The minimum Gasteiger partial charge on any atom is -0.227 e. The fraction of sp³-hybridized carbons (Fsp3) is 0.212. The molecule has 21 heteroatoms. The standard InChI is InChI=1S/C27H21P.C6F15O4P/c1-3-10-23(11-4-1)28(24-12-5-2-6-13-24)25-18-15-22(16-19-25)27-20-17-21-9-7-8-14-26(21)27;7-1(8,9)4(16,17)23-26(22,24-5(18,19)2(10,11)12)25-6(20,21)3(13,14)15/h1-20,27H;/p+1. The van der Waals surface area contributed by atoms with E-state index in [9.17, 15) is 70.4 Å². The number of halogens is 15. The van der Waals surface area contributed by atoms with Crippen molar-refractivity contribution >= 4 is 37.7 Å². The lowest BCUT2D eigenvalue weighted by Crippen LogP contribution is -2.45. The minimum atomic E-state index is -8.28. The zero-order chi connectivity index (χ0) is 40.4. The van der Waals surface area contributed by atoms with Crippen molar-refractivity contribution in [2.75, 3.05) is 0 Å². The number of benzene rings is 4. The Morgan fingerprint density at radius 1 is 0.463 bits per heavy atom. The van der Waals surface area contributed by atoms with Crippen molar-refractivity contribution in [2.45, 2.75) is 42.8 Å². The Hall–Kier alpha value is -3.89. The minimum absolute atomic E-state index is 0.370. The second-order valence-electron chi connectivity index (χ2n) is 11.0. The summed E-state index contributed by atoms with van der Waals surface area (Å²) in [6.45, 7) is 0. The zero-order valence-electron chi connectivity index (χ0n) is 26.4. The number of rotatable bonds is 10. The van der Waals surface area contributed by atoms with E-state index in [-0.39, 0.29) is 0 Å². The Bertz CT molecular complexity index is 1820. The molecule has 0 aliphatic heterocycles. The number of alkyl halides is 15. The highest BCUT2D eigenvalue weighted by Crippen LogP contribution is 2.64. The lowest BCUT2D eigenvalue weighted by molar-refractivity contribution is -0.404. The lowest BCUT2D eigenvalue weighted by Gasteiger charge is -2.30. The van der Waals surface area contributed by atoms with Crippen LogP contribution in [-0.2, 0) is 18.1 Å². The molecular weight excluding hydrogens is 807 g/mol. The fourth-order valence-electron chi connectivity index (χ4n) is 4.74. The molecule has 0 saturated carbocycles. The number of hydrogen-bond acceptors (Lipinski definition) is 4. The van der Waals surface area contributed by atoms with Crippen LogP contribution in [0.2, 0.25) is 0 Å². The number of phosphoric ester groups is 1. The van der Waals surface area contributed by atoms with E-state index in [0.29, 0.717) is 5.92 Å². The van der Waals surface area contributed by atoms with Gasteiger partial charge in [0.25, 0.3) is 0 Å². The predicted molar refractivity (Wildman–Crippen MR) is 168 cm³/mol. The molecule has 0 spiro atoms. The van der Waals surface area contributed by atoms with Crippen molar-refractivity contribution in [2.24, 2.45) is 0 Å². The maximum absolute atomic E-state index is 12.4. The first-order chi connectivity index (χ1) is 24.8. The van der Waals surface area contributed by atoms with E-state index >= 15 is 0 Å². The molecule has 0 amide bonds. The molecule has 292 valence electrons. The Morgan fingerprint density at radius 3 is 1.20 bits per heavy atom. The third-order valence-electron chi connectivity index (χ3n) is 7.15. The summed E-state index contributed by atoms with van der Waals surface area (Å²) in [6, 6.07) is 39.9. The summed E-state index contributed by atoms with van der Waals surface area (Å²) in [5, 5.41) is 4.29. The SMILES string of the molecule is C1=CC(c2ccc([PH+](c3ccccc3)c3ccccc3)cc2)c2ccccc21.O=P(OC(F)(F)C(F)(F)F)(OC(F)(F)C(F)(F)F)OC(F)(F)C(F)(F)F. The number of allylic oxidation sites excluding steroid dienone is 1. The molecule has 5 rings (SSSR count). The largest absolute Gasteiger partial charge is 0.489 e. The average molecular weight is 829 g/mol. The molecule has 0 aromatic heterocycles. The normalized spacial score (nSPS) is 15.5. The van der Waals surface area contributed by atoms with Gasteiger partial charge in [0.15, 0.2) is 0 Å². The summed E-state index contributed by atoms with van der Waals surface area (Å²) in [6.07, 6.45) is -38.1. The summed E-state index contributed by atoms with van der Waals surface area (Å²) in [7, 11) is -9.28. The van der Waals surface area contributed by atoms with Gasteiger partial charge in [0.2, 0.25) is 0 Å². The molecule has 0 heterocycles. The zero-order valence-corrected chi connectivity index (χ0v) is 28.3. The van der Waals surface area contributed by atoms with Gasteiger partial charge in [0.1, 0.15) is 15.9 Å². The smallest absolute Gasteiger partial charge is 0.227 e. The van der Waals surface area contributed by atoms with Crippen LogP contribution in [0.1, 0.15) is 22.6 Å². The molecule has 4 nitrogen and oxygen atoms in total. The highest BCUT2D eigenvalue weighted by Gasteiger charge is 2.72. The summed E-state index contributed by atoms with van der Waals surface area (Å²) in [4.78, 5) is 0. The number of fused-ring (bicyclic) bond motifs is 1. The summed E-state index contributed by atoms with van der Waals surface area (Å²) >= 11 is 0. The Kier molecular flexibility index (Phi) is 12.5. The predicted octanol–water partition coefficient (Wildman–Crippen LogP) is 10.9. The van der Waals surface area contributed by atoms with Crippen molar-refractivity contribution in [3.05, 3.63) is 132 Å². The van der Waals surface area contributed by atoms with Crippen molar-refractivity contribution in [1.82, 2.24) is 0 Å². The molecule has 0 radical (unpaired) electrons. The molecule has 0 fully saturated rings. The van der Waals surface area contributed by atoms with Crippen LogP contribution in [0.15, 0.2) is 115 Å².